The Balaban J connectivity index is 2.07. The van der Waals surface area contributed by atoms with Crippen LogP contribution in [0.4, 0.5) is 0 Å². The molecule has 0 amide bonds. The molecule has 46 heavy (non-hydrogen) atoms. The van der Waals surface area contributed by atoms with E-state index in [4.69, 9.17) is 77.4 Å². The molecule has 0 radical (unpaired) electrons. The van der Waals surface area contributed by atoms with Gasteiger partial charge in [0.2, 0.25) is 6.29 Å². The molecular formula is C29H35Cl3O14. The molecule has 0 unspecified atom stereocenters. The van der Waals surface area contributed by atoms with Crippen molar-refractivity contribution in [1.82, 2.24) is 0 Å². The van der Waals surface area contributed by atoms with Crippen LogP contribution in [-0.4, -0.2) is 95.1 Å². The van der Waals surface area contributed by atoms with E-state index >= 15 is 0 Å². The molecule has 0 bridgehead atoms. The van der Waals surface area contributed by atoms with E-state index in [0.717, 1.165) is 33.3 Å². The van der Waals surface area contributed by atoms with Crippen molar-refractivity contribution in [1.29, 1.82) is 0 Å². The van der Waals surface area contributed by atoms with Gasteiger partial charge in [-0.3, -0.25) is 19.2 Å². The summed E-state index contributed by atoms with van der Waals surface area (Å²) in [5.41, 5.74) is 0.765. The Morgan fingerprint density at radius 1 is 0.630 bits per heavy atom. The molecule has 0 aromatic heterocycles. The van der Waals surface area contributed by atoms with Crippen LogP contribution in [0.1, 0.15) is 47.1 Å². The predicted molar refractivity (Wildman–Crippen MR) is 157 cm³/mol. The third kappa shape index (κ3) is 10.4. The van der Waals surface area contributed by atoms with Gasteiger partial charge in [0.1, 0.15) is 12.2 Å². The Morgan fingerprint density at radius 2 is 1.09 bits per heavy atom. The maximum atomic E-state index is 12.6. The highest BCUT2D eigenvalue weighted by Gasteiger charge is 2.56. The normalized spacial score (nSPS) is 31.2. The molecule has 1 aromatic carbocycles. The Kier molecular flexibility index (Phi) is 13.5. The highest BCUT2D eigenvalue weighted by Crippen LogP contribution is 2.37. The number of hydrogen-bond acceptors (Lipinski definition) is 14. The lowest BCUT2D eigenvalue weighted by Crippen LogP contribution is -2.66. The van der Waals surface area contributed by atoms with E-state index in [-0.39, 0.29) is 6.61 Å². The second-order valence-electron chi connectivity index (χ2n) is 10.5. The number of ether oxygens (including phenoxy) is 9. The van der Waals surface area contributed by atoms with E-state index < -0.39 is 95.1 Å². The lowest BCUT2D eigenvalue weighted by Gasteiger charge is -2.48. The molecule has 14 nitrogen and oxygen atoms in total. The molecule has 3 rings (SSSR count). The first-order valence-electron chi connectivity index (χ1n) is 14.1. The van der Waals surface area contributed by atoms with E-state index in [1.165, 1.54) is 6.92 Å². The number of hydrogen-bond donors (Lipinski definition) is 0. The topological polar surface area (TPSA) is 168 Å². The van der Waals surface area contributed by atoms with Crippen LogP contribution in [0.25, 0.3) is 0 Å². The van der Waals surface area contributed by atoms with Crippen molar-refractivity contribution in [2.75, 3.05) is 0 Å². The number of benzene rings is 1. The van der Waals surface area contributed by atoms with E-state index in [9.17, 15) is 24.0 Å². The molecule has 0 saturated carbocycles. The van der Waals surface area contributed by atoms with Crippen LogP contribution in [-0.2, 0) is 73.2 Å². The van der Waals surface area contributed by atoms with Crippen LogP contribution >= 0.6 is 34.8 Å². The smallest absolute Gasteiger partial charge is 0.360 e. The van der Waals surface area contributed by atoms with Crippen LogP contribution in [0.3, 0.4) is 0 Å². The molecule has 0 aliphatic carbocycles. The number of carbonyl (C=O) groups is 5. The zero-order valence-corrected chi connectivity index (χ0v) is 28.0. The maximum absolute atomic E-state index is 12.6. The van der Waals surface area contributed by atoms with Gasteiger partial charge in [-0.25, -0.2) is 4.79 Å². The van der Waals surface area contributed by atoms with Crippen molar-refractivity contribution >= 4 is 64.6 Å². The van der Waals surface area contributed by atoms with Crippen molar-refractivity contribution in [2.45, 2.75) is 113 Å². The highest BCUT2D eigenvalue weighted by molar-refractivity contribution is 6.75. The Hall–Kier alpha value is -2.72. The van der Waals surface area contributed by atoms with Crippen molar-refractivity contribution in [3.63, 3.8) is 0 Å². The van der Waals surface area contributed by atoms with Gasteiger partial charge in [-0.2, -0.15) is 0 Å². The van der Waals surface area contributed by atoms with Crippen LogP contribution < -0.4 is 0 Å². The Bertz CT molecular complexity index is 1240. The highest BCUT2D eigenvalue weighted by atomic mass is 35.6. The number of rotatable bonds is 10. The van der Waals surface area contributed by atoms with Crippen LogP contribution in [0.5, 0.6) is 0 Å². The summed E-state index contributed by atoms with van der Waals surface area (Å²) in [6, 6.07) is 9.04. The first-order valence-corrected chi connectivity index (χ1v) is 15.2. The summed E-state index contributed by atoms with van der Waals surface area (Å²) in [7, 11) is 0. The SMILES string of the molecule is CC(=O)O[C@@H]1[C@@H](OC(C)=O)[C@H](C)O[C@@H](O[C@@H]2[C@@H](OCc3ccccc3)[C@H](C)O[C@@H](OC(=O)C(Cl)(Cl)Cl)[C@@H]2OC(C)=O)[C@@H]1OC(C)=O. The van der Waals surface area contributed by atoms with Gasteiger partial charge in [0.25, 0.3) is 3.79 Å². The molecule has 256 valence electrons. The van der Waals surface area contributed by atoms with E-state index in [1.807, 2.05) is 6.07 Å². The number of alkyl halides is 3. The molecule has 2 fully saturated rings. The molecule has 2 saturated heterocycles. The monoisotopic (exact) mass is 712 g/mol. The van der Waals surface area contributed by atoms with Crippen LogP contribution in [0.15, 0.2) is 30.3 Å². The fourth-order valence-electron chi connectivity index (χ4n) is 4.94. The molecule has 2 aliphatic heterocycles. The molecule has 0 spiro atoms. The summed E-state index contributed by atoms with van der Waals surface area (Å²) in [5, 5.41) is 0. The molecule has 2 aliphatic rings. The van der Waals surface area contributed by atoms with Crippen molar-refractivity contribution in [2.24, 2.45) is 0 Å². The fraction of sp³-hybridized carbons (Fsp3) is 0.621. The second kappa shape index (κ2) is 16.4. The van der Waals surface area contributed by atoms with Gasteiger partial charge in [0, 0.05) is 27.7 Å². The Morgan fingerprint density at radius 3 is 1.61 bits per heavy atom. The maximum Gasteiger partial charge on any atom is 0.360 e. The van der Waals surface area contributed by atoms with Gasteiger partial charge < -0.3 is 42.6 Å². The van der Waals surface area contributed by atoms with E-state index in [2.05, 4.69) is 0 Å². The molecule has 0 N–H and O–H groups in total. The second-order valence-corrected chi connectivity index (χ2v) is 12.8. The van der Waals surface area contributed by atoms with Crippen LogP contribution in [0.2, 0.25) is 0 Å². The summed E-state index contributed by atoms with van der Waals surface area (Å²) in [4.78, 5) is 61.2. The molecular weight excluding hydrogens is 679 g/mol. The van der Waals surface area contributed by atoms with Crippen molar-refractivity contribution in [3.8, 4) is 0 Å². The molecule has 17 heteroatoms. The number of carbonyl (C=O) groups excluding carboxylic acids is 5. The average Bonchev–Trinajstić information content (AvgIpc) is 2.93. The standard InChI is InChI=1S/C29H35Cl3O14/c1-13-20(38-12-19-10-8-7-9-11-19)22(24(43-17(5)35)27(39-13)46-28(37)29(30,31)32)45-26-25(44-18(6)36)23(42-16(4)34)21(14(2)40-26)41-15(3)33/h7-11,13-14,20-27H,12H2,1-6H3/t13-,14-,20-,21-,22+,23+,24+,25+,26-,27-/m0/s1. The van der Waals surface area contributed by atoms with Gasteiger partial charge in [-0.15, -0.1) is 0 Å². The number of halogens is 3. The quantitative estimate of drug-likeness (QED) is 0.197. The number of esters is 5. The van der Waals surface area contributed by atoms with Crippen molar-refractivity contribution in [3.05, 3.63) is 35.9 Å². The third-order valence-electron chi connectivity index (χ3n) is 6.69. The zero-order chi connectivity index (χ0) is 34.3. The summed E-state index contributed by atoms with van der Waals surface area (Å²) in [6.45, 7) is 7.54. The minimum absolute atomic E-state index is 0.0321. The molecule has 10 atom stereocenters. The largest absolute Gasteiger partial charge is 0.456 e. The van der Waals surface area contributed by atoms with Gasteiger partial charge in [-0.05, 0) is 19.4 Å². The first-order chi connectivity index (χ1) is 21.5. The average molecular weight is 714 g/mol. The van der Waals surface area contributed by atoms with E-state index in [0.29, 0.717) is 0 Å². The summed E-state index contributed by atoms with van der Waals surface area (Å²) < 4.78 is 49.1. The lowest BCUT2D eigenvalue weighted by atomic mass is 9.96. The fourth-order valence-corrected chi connectivity index (χ4v) is 5.08. The minimum atomic E-state index is -2.52. The predicted octanol–water partition coefficient (Wildman–Crippen LogP) is 3.09. The summed E-state index contributed by atoms with van der Waals surface area (Å²) in [6.07, 6.45) is -13.3. The summed E-state index contributed by atoms with van der Waals surface area (Å²) in [5.74, 6) is -4.50. The van der Waals surface area contributed by atoms with Gasteiger partial charge in [-0.1, -0.05) is 65.1 Å². The lowest BCUT2D eigenvalue weighted by molar-refractivity contribution is -0.356. The molecule has 1 aromatic rings. The van der Waals surface area contributed by atoms with Gasteiger partial charge in [0.05, 0.1) is 18.8 Å². The summed E-state index contributed by atoms with van der Waals surface area (Å²) >= 11 is 17.1. The zero-order valence-electron chi connectivity index (χ0n) is 25.7. The van der Waals surface area contributed by atoms with Crippen LogP contribution in [0, 0.1) is 0 Å². The first kappa shape index (κ1) is 37.7. The van der Waals surface area contributed by atoms with E-state index in [1.54, 1.807) is 31.2 Å². The van der Waals surface area contributed by atoms with Crippen molar-refractivity contribution < 1.29 is 66.6 Å². The molecule has 2 heterocycles. The minimum Gasteiger partial charge on any atom is -0.456 e. The van der Waals surface area contributed by atoms with Gasteiger partial charge >= 0.3 is 29.8 Å². The Labute approximate surface area is 280 Å². The third-order valence-corrected chi connectivity index (χ3v) is 7.16. The van der Waals surface area contributed by atoms with Gasteiger partial charge in [0.15, 0.2) is 30.7 Å².